The van der Waals surface area contributed by atoms with Crippen LogP contribution in [0.5, 0.6) is 5.75 Å². The zero-order chi connectivity index (χ0) is 17.6. The van der Waals surface area contributed by atoms with Crippen LogP contribution in [0.25, 0.3) is 11.1 Å². The highest BCUT2D eigenvalue weighted by molar-refractivity contribution is 7.12. The number of methoxy groups -OCH3 is 1. The maximum atomic E-state index is 12.5. The van der Waals surface area contributed by atoms with Gasteiger partial charge in [-0.05, 0) is 36.1 Å². The Morgan fingerprint density at radius 1 is 1.12 bits per heavy atom. The lowest BCUT2D eigenvalue weighted by atomic mass is 10.1. The summed E-state index contributed by atoms with van der Waals surface area (Å²) in [6, 6.07) is 17.6. The Bertz CT molecular complexity index is 898. The van der Waals surface area contributed by atoms with E-state index in [2.05, 4.69) is 10.5 Å². The second-order valence-electron chi connectivity index (χ2n) is 5.47. The molecule has 0 bridgehead atoms. The minimum absolute atomic E-state index is 0.225. The quantitative estimate of drug-likeness (QED) is 0.544. The van der Waals surface area contributed by atoms with E-state index < -0.39 is 0 Å². The molecule has 0 aliphatic carbocycles. The molecule has 0 aliphatic heterocycles. The highest BCUT2D eigenvalue weighted by Crippen LogP contribution is 2.28. The zero-order valence-electron chi connectivity index (χ0n) is 14.0. The van der Waals surface area contributed by atoms with Crippen molar-refractivity contribution in [2.75, 3.05) is 7.11 Å². The van der Waals surface area contributed by atoms with Gasteiger partial charge in [0.15, 0.2) is 0 Å². The number of hydrogen-bond donors (Lipinski definition) is 1. The third kappa shape index (κ3) is 3.95. The van der Waals surface area contributed by atoms with E-state index in [0.717, 1.165) is 16.7 Å². The van der Waals surface area contributed by atoms with E-state index in [4.69, 9.17) is 4.74 Å². The normalized spacial score (nSPS) is 10.8. The fraction of sp³-hybridized carbons (Fsp3) is 0.100. The molecule has 126 valence electrons. The van der Waals surface area contributed by atoms with Crippen LogP contribution in [0, 0.1) is 6.92 Å². The summed E-state index contributed by atoms with van der Waals surface area (Å²) in [4.78, 5) is 13.1. The van der Waals surface area contributed by atoms with Gasteiger partial charge in [0.1, 0.15) is 10.6 Å². The number of thiophene rings is 1. The summed E-state index contributed by atoms with van der Waals surface area (Å²) >= 11 is 1.40. The van der Waals surface area contributed by atoms with Crippen LogP contribution in [-0.4, -0.2) is 19.2 Å². The van der Waals surface area contributed by atoms with Gasteiger partial charge in [-0.3, -0.25) is 4.79 Å². The summed E-state index contributed by atoms with van der Waals surface area (Å²) in [7, 11) is 1.60. The van der Waals surface area contributed by atoms with Crippen molar-refractivity contribution in [2.24, 2.45) is 5.10 Å². The first-order valence-electron chi connectivity index (χ1n) is 7.80. The lowest BCUT2D eigenvalue weighted by Gasteiger charge is -2.05. The number of nitrogens with zero attached hydrogens (tertiary/aromatic N) is 1. The molecule has 3 rings (SSSR count). The second kappa shape index (κ2) is 7.77. The number of aryl methyl sites for hydroxylation is 1. The average Bonchev–Trinajstić information content (AvgIpc) is 3.12. The van der Waals surface area contributed by atoms with Gasteiger partial charge in [0.25, 0.3) is 5.91 Å². The van der Waals surface area contributed by atoms with Gasteiger partial charge in [-0.1, -0.05) is 42.0 Å². The highest BCUT2D eigenvalue weighted by Gasteiger charge is 2.14. The number of hydrogen-bond acceptors (Lipinski definition) is 4. The van der Waals surface area contributed by atoms with Gasteiger partial charge < -0.3 is 4.74 Å². The lowest BCUT2D eigenvalue weighted by molar-refractivity contribution is 0.0959. The number of carbonyl (C=O) groups excluding carboxylic acids is 1. The molecule has 25 heavy (non-hydrogen) atoms. The third-order valence-electron chi connectivity index (χ3n) is 3.74. The molecule has 0 saturated carbocycles. The van der Waals surface area contributed by atoms with Gasteiger partial charge in [-0.25, -0.2) is 5.43 Å². The van der Waals surface area contributed by atoms with Gasteiger partial charge in [-0.2, -0.15) is 5.10 Å². The number of carbonyl (C=O) groups is 1. The topological polar surface area (TPSA) is 50.7 Å². The molecule has 1 N–H and O–H groups in total. The maximum absolute atomic E-state index is 12.5. The average molecular weight is 350 g/mol. The molecule has 0 unspecified atom stereocenters. The SMILES string of the molecule is COc1ccccc1/C=N\NC(=O)c1sccc1-c1ccc(C)cc1. The molecular formula is C20H18N2O2S. The summed E-state index contributed by atoms with van der Waals surface area (Å²) in [5, 5.41) is 5.97. The Labute approximate surface area is 150 Å². The summed E-state index contributed by atoms with van der Waals surface area (Å²) in [5.74, 6) is 0.480. The number of hydrazone groups is 1. The molecule has 0 atom stereocenters. The van der Waals surface area contributed by atoms with Gasteiger partial charge in [0.05, 0.1) is 13.3 Å². The fourth-order valence-corrected chi connectivity index (χ4v) is 3.24. The van der Waals surface area contributed by atoms with Crippen LogP contribution in [0.1, 0.15) is 20.8 Å². The van der Waals surface area contributed by atoms with Crippen LogP contribution >= 0.6 is 11.3 Å². The largest absolute Gasteiger partial charge is 0.496 e. The molecule has 1 heterocycles. The first-order chi connectivity index (χ1) is 12.2. The number of benzene rings is 2. The Morgan fingerprint density at radius 3 is 2.64 bits per heavy atom. The number of para-hydroxylation sites is 1. The Balaban J connectivity index is 1.75. The predicted molar refractivity (Wildman–Crippen MR) is 103 cm³/mol. The van der Waals surface area contributed by atoms with Crippen LogP contribution in [0.15, 0.2) is 65.1 Å². The smallest absolute Gasteiger partial charge is 0.282 e. The minimum Gasteiger partial charge on any atom is -0.496 e. The van der Waals surface area contributed by atoms with E-state index in [1.54, 1.807) is 13.3 Å². The molecule has 0 saturated heterocycles. The monoisotopic (exact) mass is 350 g/mol. The van der Waals surface area contributed by atoms with Crippen molar-refractivity contribution in [1.82, 2.24) is 5.43 Å². The molecular weight excluding hydrogens is 332 g/mol. The first-order valence-corrected chi connectivity index (χ1v) is 8.68. The van der Waals surface area contributed by atoms with Crippen molar-refractivity contribution in [3.05, 3.63) is 76.0 Å². The minimum atomic E-state index is -0.225. The summed E-state index contributed by atoms with van der Waals surface area (Å²) in [6.45, 7) is 2.04. The Morgan fingerprint density at radius 2 is 1.88 bits per heavy atom. The van der Waals surface area contributed by atoms with E-state index in [-0.39, 0.29) is 5.91 Å². The molecule has 0 fully saturated rings. The van der Waals surface area contributed by atoms with E-state index in [1.165, 1.54) is 16.9 Å². The molecule has 0 spiro atoms. The number of ether oxygens (including phenoxy) is 1. The number of nitrogens with one attached hydrogen (secondary N) is 1. The molecule has 1 aromatic heterocycles. The lowest BCUT2D eigenvalue weighted by Crippen LogP contribution is -2.17. The predicted octanol–water partition coefficient (Wildman–Crippen LogP) is 4.50. The van der Waals surface area contributed by atoms with Gasteiger partial charge >= 0.3 is 0 Å². The molecule has 2 aromatic carbocycles. The fourth-order valence-electron chi connectivity index (χ4n) is 2.43. The standard InChI is InChI=1S/C20H18N2O2S/c1-14-7-9-15(10-8-14)17-11-12-25-19(17)20(23)22-21-13-16-5-3-4-6-18(16)24-2/h3-13H,1-2H3,(H,22,23)/b21-13-. The Hall–Kier alpha value is -2.92. The van der Waals surface area contributed by atoms with Crippen LogP contribution in [0.3, 0.4) is 0 Å². The van der Waals surface area contributed by atoms with E-state index in [9.17, 15) is 4.79 Å². The van der Waals surface area contributed by atoms with Gasteiger partial charge in [0, 0.05) is 11.1 Å². The second-order valence-corrected chi connectivity index (χ2v) is 6.39. The summed E-state index contributed by atoms with van der Waals surface area (Å²) < 4.78 is 5.26. The maximum Gasteiger partial charge on any atom is 0.282 e. The summed E-state index contributed by atoms with van der Waals surface area (Å²) in [5.41, 5.74) is 6.51. The molecule has 5 heteroatoms. The molecule has 0 radical (unpaired) electrons. The van der Waals surface area contributed by atoms with E-state index >= 15 is 0 Å². The molecule has 0 aliphatic rings. The van der Waals surface area contributed by atoms with Crippen molar-refractivity contribution < 1.29 is 9.53 Å². The van der Waals surface area contributed by atoms with E-state index in [0.29, 0.717) is 10.6 Å². The first kappa shape index (κ1) is 16.9. The van der Waals surface area contributed by atoms with Crippen molar-refractivity contribution in [1.29, 1.82) is 0 Å². The van der Waals surface area contributed by atoms with Crippen molar-refractivity contribution >= 4 is 23.5 Å². The van der Waals surface area contributed by atoms with Crippen LogP contribution in [0.2, 0.25) is 0 Å². The summed E-state index contributed by atoms with van der Waals surface area (Å²) in [6.07, 6.45) is 1.58. The zero-order valence-corrected chi connectivity index (χ0v) is 14.8. The van der Waals surface area contributed by atoms with Crippen molar-refractivity contribution in [3.8, 4) is 16.9 Å². The molecule has 1 amide bonds. The van der Waals surface area contributed by atoms with Crippen LogP contribution in [-0.2, 0) is 0 Å². The van der Waals surface area contributed by atoms with Gasteiger partial charge in [-0.15, -0.1) is 11.3 Å². The van der Waals surface area contributed by atoms with Gasteiger partial charge in [0.2, 0.25) is 0 Å². The number of amides is 1. The Kier molecular flexibility index (Phi) is 5.26. The van der Waals surface area contributed by atoms with E-state index in [1.807, 2.05) is 66.9 Å². The molecule has 4 nitrogen and oxygen atoms in total. The van der Waals surface area contributed by atoms with Crippen LogP contribution in [0.4, 0.5) is 0 Å². The third-order valence-corrected chi connectivity index (χ3v) is 4.66. The van der Waals surface area contributed by atoms with Crippen molar-refractivity contribution in [2.45, 2.75) is 6.92 Å². The highest BCUT2D eigenvalue weighted by atomic mass is 32.1. The molecule has 3 aromatic rings. The number of rotatable bonds is 5. The van der Waals surface area contributed by atoms with Crippen molar-refractivity contribution in [3.63, 3.8) is 0 Å². The van der Waals surface area contributed by atoms with Crippen LogP contribution < -0.4 is 10.2 Å².